The standard InChI is InChI=1S/C21H20Cl2N2O3/c22-14-2-3-15-20(21(14)23)19-12(10-24-7-5-16(19)25-15)6-8-26-13-1-4-17-18(9-13)28-11-27-17/h1-4,9,12,24-25H,5-8,10-11H2. The highest BCUT2D eigenvalue weighted by molar-refractivity contribution is 6.45. The van der Waals surface area contributed by atoms with Crippen molar-refractivity contribution in [3.8, 4) is 17.2 Å². The molecule has 5 rings (SSSR count). The van der Waals surface area contributed by atoms with E-state index in [1.54, 1.807) is 0 Å². The van der Waals surface area contributed by atoms with Crippen molar-refractivity contribution in [2.45, 2.75) is 18.8 Å². The predicted octanol–water partition coefficient (Wildman–Crippen LogP) is 4.90. The summed E-state index contributed by atoms with van der Waals surface area (Å²) in [4.78, 5) is 3.54. The van der Waals surface area contributed by atoms with Crippen LogP contribution in [0.5, 0.6) is 17.2 Å². The predicted molar refractivity (Wildman–Crippen MR) is 110 cm³/mol. The molecule has 7 heteroatoms. The Morgan fingerprint density at radius 3 is 2.93 bits per heavy atom. The van der Waals surface area contributed by atoms with Gasteiger partial charge in [0.2, 0.25) is 6.79 Å². The van der Waals surface area contributed by atoms with Crippen molar-refractivity contribution >= 4 is 34.1 Å². The lowest BCUT2D eigenvalue weighted by atomic mass is 9.93. The molecule has 1 unspecified atom stereocenters. The highest BCUT2D eigenvalue weighted by Gasteiger charge is 2.25. The molecule has 28 heavy (non-hydrogen) atoms. The van der Waals surface area contributed by atoms with Gasteiger partial charge in [-0.05, 0) is 36.2 Å². The van der Waals surface area contributed by atoms with Gasteiger partial charge < -0.3 is 24.5 Å². The number of aromatic amines is 1. The van der Waals surface area contributed by atoms with Crippen molar-refractivity contribution in [1.29, 1.82) is 0 Å². The molecule has 3 aromatic rings. The van der Waals surface area contributed by atoms with Crippen molar-refractivity contribution < 1.29 is 14.2 Å². The highest BCUT2D eigenvalue weighted by atomic mass is 35.5. The van der Waals surface area contributed by atoms with E-state index in [1.165, 1.54) is 11.3 Å². The molecule has 0 radical (unpaired) electrons. The summed E-state index contributed by atoms with van der Waals surface area (Å²) in [7, 11) is 0. The van der Waals surface area contributed by atoms with Crippen LogP contribution in [-0.2, 0) is 6.42 Å². The zero-order valence-electron chi connectivity index (χ0n) is 15.2. The maximum Gasteiger partial charge on any atom is 0.231 e. The molecule has 146 valence electrons. The number of fused-ring (bicyclic) bond motifs is 4. The third-order valence-electron chi connectivity index (χ3n) is 5.40. The maximum atomic E-state index is 6.58. The number of rotatable bonds is 4. The van der Waals surface area contributed by atoms with E-state index in [4.69, 9.17) is 37.4 Å². The van der Waals surface area contributed by atoms with E-state index in [0.29, 0.717) is 16.7 Å². The SMILES string of the molecule is Clc1ccc2[nH]c3c(c2c1Cl)C(CCOc1ccc2c(c1)OCO2)CNCC3. The molecule has 2 aromatic carbocycles. The molecule has 0 bridgehead atoms. The first-order valence-corrected chi connectivity index (χ1v) is 10.2. The van der Waals surface area contributed by atoms with Gasteiger partial charge in [-0.15, -0.1) is 0 Å². The topological polar surface area (TPSA) is 55.5 Å². The van der Waals surface area contributed by atoms with E-state index in [-0.39, 0.29) is 12.7 Å². The minimum atomic E-state index is 0.263. The molecule has 1 aromatic heterocycles. The summed E-state index contributed by atoms with van der Waals surface area (Å²) in [5, 5.41) is 5.78. The second-order valence-electron chi connectivity index (χ2n) is 7.10. The molecule has 0 saturated heterocycles. The van der Waals surface area contributed by atoms with Gasteiger partial charge in [0.1, 0.15) is 5.75 Å². The van der Waals surface area contributed by atoms with Crippen LogP contribution in [0.4, 0.5) is 0 Å². The van der Waals surface area contributed by atoms with Crippen LogP contribution in [0.1, 0.15) is 23.6 Å². The number of halogens is 2. The van der Waals surface area contributed by atoms with Crippen molar-refractivity contribution in [3.05, 3.63) is 51.6 Å². The van der Waals surface area contributed by atoms with Gasteiger partial charge >= 0.3 is 0 Å². The molecule has 1 atom stereocenters. The van der Waals surface area contributed by atoms with Gasteiger partial charge in [0.05, 0.1) is 16.7 Å². The van der Waals surface area contributed by atoms with E-state index in [9.17, 15) is 0 Å². The number of aromatic nitrogens is 1. The van der Waals surface area contributed by atoms with Crippen LogP contribution in [-0.4, -0.2) is 31.5 Å². The first-order valence-electron chi connectivity index (χ1n) is 9.42. The van der Waals surface area contributed by atoms with Crippen molar-refractivity contribution in [2.75, 3.05) is 26.5 Å². The minimum Gasteiger partial charge on any atom is -0.493 e. The lowest BCUT2D eigenvalue weighted by Crippen LogP contribution is -2.21. The van der Waals surface area contributed by atoms with E-state index in [0.717, 1.165) is 54.1 Å². The lowest BCUT2D eigenvalue weighted by molar-refractivity contribution is 0.173. The third-order valence-corrected chi connectivity index (χ3v) is 6.21. The first kappa shape index (κ1) is 18.0. The summed E-state index contributed by atoms with van der Waals surface area (Å²) in [5.74, 6) is 2.56. The Balaban J connectivity index is 1.38. The Morgan fingerprint density at radius 2 is 2.00 bits per heavy atom. The highest BCUT2D eigenvalue weighted by Crippen LogP contribution is 2.40. The summed E-state index contributed by atoms with van der Waals surface area (Å²) in [6, 6.07) is 9.52. The quantitative estimate of drug-likeness (QED) is 0.632. The average Bonchev–Trinajstić information content (AvgIpc) is 3.26. The van der Waals surface area contributed by atoms with Crippen molar-refractivity contribution in [1.82, 2.24) is 10.3 Å². The lowest BCUT2D eigenvalue weighted by Gasteiger charge is -2.17. The van der Waals surface area contributed by atoms with E-state index in [1.807, 2.05) is 30.3 Å². The molecule has 0 amide bonds. The van der Waals surface area contributed by atoms with Crippen LogP contribution in [0.2, 0.25) is 10.0 Å². The van der Waals surface area contributed by atoms with Crippen LogP contribution in [0.15, 0.2) is 30.3 Å². The zero-order valence-corrected chi connectivity index (χ0v) is 16.7. The van der Waals surface area contributed by atoms with Gasteiger partial charge in [-0.3, -0.25) is 0 Å². The fourth-order valence-electron chi connectivity index (χ4n) is 4.07. The zero-order chi connectivity index (χ0) is 19.1. The minimum absolute atomic E-state index is 0.263. The number of benzene rings is 2. The number of hydrogen-bond acceptors (Lipinski definition) is 4. The molecule has 0 aliphatic carbocycles. The van der Waals surface area contributed by atoms with Gasteiger partial charge in [0, 0.05) is 48.1 Å². The molecule has 0 saturated carbocycles. The molecule has 0 fully saturated rings. The maximum absolute atomic E-state index is 6.58. The van der Waals surface area contributed by atoms with E-state index < -0.39 is 0 Å². The molecule has 2 N–H and O–H groups in total. The average molecular weight is 419 g/mol. The molecular formula is C21H20Cl2N2O3. The smallest absolute Gasteiger partial charge is 0.231 e. The number of nitrogens with one attached hydrogen (secondary N) is 2. The monoisotopic (exact) mass is 418 g/mol. The molecule has 2 aliphatic heterocycles. The van der Waals surface area contributed by atoms with Crippen LogP contribution in [0.25, 0.3) is 10.9 Å². The van der Waals surface area contributed by atoms with Gasteiger partial charge in [0.25, 0.3) is 0 Å². The van der Waals surface area contributed by atoms with Gasteiger partial charge in [-0.2, -0.15) is 0 Å². The Bertz CT molecular complexity index is 1030. The first-order chi connectivity index (χ1) is 13.7. The van der Waals surface area contributed by atoms with Crippen LogP contribution < -0.4 is 19.5 Å². The Morgan fingerprint density at radius 1 is 1.11 bits per heavy atom. The molecule has 2 aliphatic rings. The Kier molecular flexibility index (Phi) is 4.75. The summed E-state index contributed by atoms with van der Waals surface area (Å²) in [6.45, 7) is 2.67. The van der Waals surface area contributed by atoms with Crippen LogP contribution in [0, 0.1) is 0 Å². The summed E-state index contributed by atoms with van der Waals surface area (Å²) in [6.07, 6.45) is 1.81. The van der Waals surface area contributed by atoms with E-state index in [2.05, 4.69) is 10.3 Å². The van der Waals surface area contributed by atoms with Crippen LogP contribution in [0.3, 0.4) is 0 Å². The fraction of sp³-hybridized carbons (Fsp3) is 0.333. The summed E-state index contributed by atoms with van der Waals surface area (Å²) < 4.78 is 16.8. The van der Waals surface area contributed by atoms with Gasteiger partial charge in [0.15, 0.2) is 11.5 Å². The summed E-state index contributed by atoms with van der Waals surface area (Å²) >= 11 is 12.9. The van der Waals surface area contributed by atoms with Gasteiger partial charge in [-0.1, -0.05) is 23.2 Å². The normalized spacial score (nSPS) is 18.1. The number of hydrogen-bond donors (Lipinski definition) is 2. The van der Waals surface area contributed by atoms with E-state index >= 15 is 0 Å². The van der Waals surface area contributed by atoms with Crippen LogP contribution >= 0.6 is 23.2 Å². The molecule has 0 spiro atoms. The largest absolute Gasteiger partial charge is 0.493 e. The Hall–Kier alpha value is -2.08. The molecular weight excluding hydrogens is 399 g/mol. The second kappa shape index (κ2) is 7.39. The fourth-order valence-corrected chi connectivity index (χ4v) is 4.49. The second-order valence-corrected chi connectivity index (χ2v) is 7.89. The van der Waals surface area contributed by atoms with Crippen molar-refractivity contribution in [3.63, 3.8) is 0 Å². The summed E-state index contributed by atoms with van der Waals surface area (Å²) in [5.41, 5.74) is 3.54. The van der Waals surface area contributed by atoms with Gasteiger partial charge in [-0.25, -0.2) is 0 Å². The number of ether oxygens (including phenoxy) is 3. The number of H-pyrrole nitrogens is 1. The van der Waals surface area contributed by atoms with Crippen molar-refractivity contribution in [2.24, 2.45) is 0 Å². The third kappa shape index (κ3) is 3.17. The molecule has 5 nitrogen and oxygen atoms in total. The molecule has 3 heterocycles. The Labute approximate surface area is 172 Å².